The van der Waals surface area contributed by atoms with Crippen molar-refractivity contribution in [1.29, 1.82) is 0 Å². The zero-order chi connectivity index (χ0) is 16.0. The first-order valence-corrected chi connectivity index (χ1v) is 7.48. The first-order valence-electron chi connectivity index (χ1n) is 7.48. The number of nitrogens with two attached hydrogens (primary N) is 1. The Bertz CT molecular complexity index is 895. The van der Waals surface area contributed by atoms with Crippen molar-refractivity contribution >= 4 is 11.6 Å². The number of hydrogen-bond donors (Lipinski definition) is 1. The van der Waals surface area contributed by atoms with Crippen LogP contribution in [-0.2, 0) is 26.6 Å². The Labute approximate surface area is 132 Å². The van der Waals surface area contributed by atoms with Crippen molar-refractivity contribution in [2.75, 3.05) is 6.54 Å². The molecule has 0 saturated carbocycles. The summed E-state index contributed by atoms with van der Waals surface area (Å²) in [4.78, 5) is 18.1. The van der Waals surface area contributed by atoms with E-state index >= 15 is 0 Å². The van der Waals surface area contributed by atoms with Crippen LogP contribution in [0, 0.1) is 0 Å². The predicted octanol–water partition coefficient (Wildman–Crippen LogP) is 0.120. The molecule has 0 radical (unpaired) electrons. The van der Waals surface area contributed by atoms with Crippen LogP contribution in [0.15, 0.2) is 24.5 Å². The number of carbonyl (C=O) groups is 1. The van der Waals surface area contributed by atoms with Crippen molar-refractivity contribution in [2.24, 2.45) is 12.8 Å². The average molecular weight is 311 g/mol. The van der Waals surface area contributed by atoms with Crippen LogP contribution in [0.4, 0.5) is 0 Å². The zero-order valence-corrected chi connectivity index (χ0v) is 12.8. The molecule has 8 heteroatoms. The summed E-state index contributed by atoms with van der Waals surface area (Å²) in [7, 11) is 1.86. The highest BCUT2D eigenvalue weighted by Gasteiger charge is 2.26. The molecule has 0 aromatic carbocycles. The Hall–Kier alpha value is -2.74. The Morgan fingerprint density at radius 2 is 2.26 bits per heavy atom. The minimum atomic E-state index is -0.470. The van der Waals surface area contributed by atoms with Crippen molar-refractivity contribution in [2.45, 2.75) is 19.5 Å². The second kappa shape index (κ2) is 5.17. The number of aryl methyl sites for hydroxylation is 1. The summed E-state index contributed by atoms with van der Waals surface area (Å²) in [6, 6.07) is 5.94. The third-order valence-corrected chi connectivity index (χ3v) is 4.32. The molecular formula is C15H17N7O. The fraction of sp³-hybridized carbons (Fsp3) is 0.333. The topological polar surface area (TPSA) is 94.3 Å². The molecule has 0 spiro atoms. The molecule has 118 valence electrons. The molecule has 4 rings (SSSR count). The molecule has 1 amide bonds. The Kier molecular flexibility index (Phi) is 3.12. The van der Waals surface area contributed by atoms with Crippen LogP contribution in [0.1, 0.15) is 27.4 Å². The number of rotatable bonds is 3. The fourth-order valence-electron chi connectivity index (χ4n) is 3.23. The van der Waals surface area contributed by atoms with E-state index < -0.39 is 5.91 Å². The number of carbonyl (C=O) groups excluding carboxylic acids is 1. The molecule has 0 aliphatic carbocycles. The lowest BCUT2D eigenvalue weighted by Gasteiger charge is -2.27. The highest BCUT2D eigenvalue weighted by Crippen LogP contribution is 2.23. The summed E-state index contributed by atoms with van der Waals surface area (Å²) in [5, 5.41) is 8.53. The summed E-state index contributed by atoms with van der Waals surface area (Å²) in [5.74, 6) is -0.470. The fourth-order valence-corrected chi connectivity index (χ4v) is 3.23. The van der Waals surface area contributed by atoms with Gasteiger partial charge in [0.15, 0.2) is 11.3 Å². The van der Waals surface area contributed by atoms with E-state index in [2.05, 4.69) is 20.1 Å². The standard InChI is InChI=1S/C15H17N7O/c1-20-12-5-6-21(8-11(12)14(19-20)15(16)23)7-10-3-2-4-13-17-9-18-22(10)13/h2-4,9H,5-8H2,1H3,(H2,16,23). The molecule has 0 unspecified atom stereocenters. The van der Waals surface area contributed by atoms with E-state index in [0.29, 0.717) is 12.2 Å². The van der Waals surface area contributed by atoms with Crippen LogP contribution < -0.4 is 5.73 Å². The smallest absolute Gasteiger partial charge is 0.269 e. The number of fused-ring (bicyclic) bond motifs is 2. The van der Waals surface area contributed by atoms with E-state index in [9.17, 15) is 4.79 Å². The lowest BCUT2D eigenvalue weighted by atomic mass is 10.0. The van der Waals surface area contributed by atoms with Crippen molar-refractivity contribution < 1.29 is 4.79 Å². The molecule has 0 bridgehead atoms. The normalized spacial score (nSPS) is 15.0. The molecule has 0 fully saturated rings. The molecule has 3 aromatic rings. The van der Waals surface area contributed by atoms with E-state index in [1.807, 2.05) is 29.8 Å². The maximum Gasteiger partial charge on any atom is 0.269 e. The average Bonchev–Trinajstić information content (AvgIpc) is 3.13. The van der Waals surface area contributed by atoms with E-state index in [-0.39, 0.29) is 0 Å². The molecule has 1 aliphatic heterocycles. The Morgan fingerprint density at radius 3 is 3.09 bits per heavy atom. The van der Waals surface area contributed by atoms with E-state index in [4.69, 9.17) is 5.73 Å². The Morgan fingerprint density at radius 1 is 1.39 bits per heavy atom. The molecule has 4 heterocycles. The summed E-state index contributed by atoms with van der Waals surface area (Å²) in [6.45, 7) is 2.29. The summed E-state index contributed by atoms with van der Waals surface area (Å²) in [6.07, 6.45) is 2.40. The Balaban J connectivity index is 1.63. The van der Waals surface area contributed by atoms with Gasteiger partial charge in [-0.1, -0.05) is 6.07 Å². The van der Waals surface area contributed by atoms with Crippen molar-refractivity contribution in [3.8, 4) is 0 Å². The molecule has 23 heavy (non-hydrogen) atoms. The van der Waals surface area contributed by atoms with Crippen LogP contribution in [-0.4, -0.2) is 41.7 Å². The van der Waals surface area contributed by atoms with Gasteiger partial charge in [0, 0.05) is 44.4 Å². The molecule has 8 nitrogen and oxygen atoms in total. The van der Waals surface area contributed by atoms with Gasteiger partial charge in [-0.15, -0.1) is 0 Å². The highest BCUT2D eigenvalue weighted by atomic mass is 16.1. The van der Waals surface area contributed by atoms with Gasteiger partial charge in [-0.2, -0.15) is 10.2 Å². The molecule has 1 aliphatic rings. The van der Waals surface area contributed by atoms with Gasteiger partial charge >= 0.3 is 0 Å². The van der Waals surface area contributed by atoms with Gasteiger partial charge in [0.25, 0.3) is 5.91 Å². The number of pyridine rings is 1. The van der Waals surface area contributed by atoms with Crippen LogP contribution in [0.2, 0.25) is 0 Å². The van der Waals surface area contributed by atoms with Gasteiger partial charge in [0.1, 0.15) is 6.33 Å². The first kappa shape index (κ1) is 13.9. The third-order valence-electron chi connectivity index (χ3n) is 4.32. The second-order valence-corrected chi connectivity index (χ2v) is 5.77. The van der Waals surface area contributed by atoms with Crippen LogP contribution in [0.25, 0.3) is 5.65 Å². The summed E-state index contributed by atoms with van der Waals surface area (Å²) in [5.41, 5.74) is 9.76. The van der Waals surface area contributed by atoms with Crippen LogP contribution in [0.5, 0.6) is 0 Å². The predicted molar refractivity (Wildman–Crippen MR) is 82.5 cm³/mol. The van der Waals surface area contributed by atoms with Gasteiger partial charge < -0.3 is 5.73 Å². The lowest BCUT2D eigenvalue weighted by Crippen LogP contribution is -2.32. The maximum absolute atomic E-state index is 11.6. The van der Waals surface area contributed by atoms with E-state index in [1.165, 1.54) is 0 Å². The second-order valence-electron chi connectivity index (χ2n) is 5.77. The van der Waals surface area contributed by atoms with Gasteiger partial charge in [-0.3, -0.25) is 14.4 Å². The van der Waals surface area contributed by atoms with Crippen LogP contribution in [0.3, 0.4) is 0 Å². The lowest BCUT2D eigenvalue weighted by molar-refractivity contribution is 0.0992. The van der Waals surface area contributed by atoms with Gasteiger partial charge in [0.2, 0.25) is 0 Å². The molecule has 0 atom stereocenters. The molecular weight excluding hydrogens is 294 g/mol. The minimum Gasteiger partial charge on any atom is -0.364 e. The van der Waals surface area contributed by atoms with Gasteiger partial charge in [-0.25, -0.2) is 9.50 Å². The van der Waals surface area contributed by atoms with E-state index in [1.54, 1.807) is 11.0 Å². The number of aromatic nitrogens is 5. The number of hydrogen-bond acceptors (Lipinski definition) is 5. The van der Waals surface area contributed by atoms with Crippen molar-refractivity contribution in [3.63, 3.8) is 0 Å². The number of primary amides is 1. The third kappa shape index (κ3) is 2.27. The maximum atomic E-state index is 11.6. The summed E-state index contributed by atoms with van der Waals surface area (Å²) >= 11 is 0. The monoisotopic (exact) mass is 311 g/mol. The largest absolute Gasteiger partial charge is 0.364 e. The quantitative estimate of drug-likeness (QED) is 0.741. The minimum absolute atomic E-state index is 0.381. The summed E-state index contributed by atoms with van der Waals surface area (Å²) < 4.78 is 3.61. The van der Waals surface area contributed by atoms with Crippen molar-refractivity contribution in [1.82, 2.24) is 29.3 Å². The van der Waals surface area contributed by atoms with Gasteiger partial charge in [-0.05, 0) is 12.1 Å². The molecule has 0 saturated heterocycles. The molecule has 2 N–H and O–H groups in total. The molecule has 3 aromatic heterocycles. The number of nitrogens with zero attached hydrogens (tertiary/aromatic N) is 6. The van der Waals surface area contributed by atoms with Crippen LogP contribution >= 0.6 is 0 Å². The van der Waals surface area contributed by atoms with Gasteiger partial charge in [0.05, 0.1) is 5.69 Å². The zero-order valence-electron chi connectivity index (χ0n) is 12.8. The van der Waals surface area contributed by atoms with E-state index in [0.717, 1.165) is 42.1 Å². The first-order chi connectivity index (χ1) is 11.1. The SMILES string of the molecule is Cn1nc(C(N)=O)c2c1CCN(Cc1cccc3ncnn13)C2. The van der Waals surface area contributed by atoms with Crippen molar-refractivity contribution in [3.05, 3.63) is 47.2 Å². The highest BCUT2D eigenvalue weighted by molar-refractivity contribution is 5.92. The number of amides is 1.